The van der Waals surface area contributed by atoms with Gasteiger partial charge in [0.25, 0.3) is 0 Å². The molecule has 2 rings (SSSR count). The summed E-state index contributed by atoms with van der Waals surface area (Å²) < 4.78 is 3.73. The maximum absolute atomic E-state index is 5.47. The van der Waals surface area contributed by atoms with Crippen LogP contribution in [0.4, 0.5) is 0 Å². The van der Waals surface area contributed by atoms with Gasteiger partial charge in [0.1, 0.15) is 0 Å². The average molecular weight is 234 g/mol. The van der Waals surface area contributed by atoms with Gasteiger partial charge >= 0.3 is 0 Å². The van der Waals surface area contributed by atoms with Crippen LogP contribution in [0.3, 0.4) is 0 Å². The SMILES string of the molecule is CC(C)n1ccc(Cn2cc(CCN)nn2)n1. The molecule has 0 aromatic carbocycles. The fourth-order valence-electron chi connectivity index (χ4n) is 1.59. The largest absolute Gasteiger partial charge is 0.330 e. The average Bonchev–Trinajstić information content (AvgIpc) is 2.89. The Hall–Kier alpha value is -1.69. The van der Waals surface area contributed by atoms with Gasteiger partial charge in [0.2, 0.25) is 0 Å². The summed E-state index contributed by atoms with van der Waals surface area (Å²) in [5.74, 6) is 0. The number of hydrogen-bond acceptors (Lipinski definition) is 4. The van der Waals surface area contributed by atoms with Crippen LogP contribution in [0.5, 0.6) is 0 Å². The summed E-state index contributed by atoms with van der Waals surface area (Å²) in [7, 11) is 0. The van der Waals surface area contributed by atoms with Crippen molar-refractivity contribution in [1.29, 1.82) is 0 Å². The highest BCUT2D eigenvalue weighted by Gasteiger charge is 2.05. The number of aromatic nitrogens is 5. The monoisotopic (exact) mass is 234 g/mol. The first-order valence-electron chi connectivity index (χ1n) is 5.82. The number of rotatable bonds is 5. The van der Waals surface area contributed by atoms with Crippen LogP contribution in [-0.2, 0) is 13.0 Å². The minimum absolute atomic E-state index is 0.382. The van der Waals surface area contributed by atoms with Crippen molar-refractivity contribution in [2.75, 3.05) is 6.54 Å². The van der Waals surface area contributed by atoms with Crippen LogP contribution in [0.15, 0.2) is 18.5 Å². The third-order valence-electron chi connectivity index (χ3n) is 2.50. The van der Waals surface area contributed by atoms with Crippen molar-refractivity contribution in [3.8, 4) is 0 Å². The standard InChI is InChI=1S/C11H18N6/c1-9(2)17-6-4-11(14-17)8-16-7-10(3-5-12)13-15-16/h4,6-7,9H,3,5,8,12H2,1-2H3. The molecule has 6 nitrogen and oxygen atoms in total. The number of nitrogens with two attached hydrogens (primary N) is 1. The topological polar surface area (TPSA) is 74.5 Å². The Morgan fingerprint density at radius 1 is 1.35 bits per heavy atom. The third-order valence-corrected chi connectivity index (χ3v) is 2.50. The van der Waals surface area contributed by atoms with Gasteiger partial charge in [-0.2, -0.15) is 5.10 Å². The summed E-state index contributed by atoms with van der Waals surface area (Å²) in [6.07, 6.45) is 4.67. The van der Waals surface area contributed by atoms with Gasteiger partial charge in [0.15, 0.2) is 0 Å². The lowest BCUT2D eigenvalue weighted by atomic mass is 10.3. The van der Waals surface area contributed by atoms with Gasteiger partial charge in [0.05, 0.1) is 17.9 Å². The van der Waals surface area contributed by atoms with Crippen molar-refractivity contribution in [3.63, 3.8) is 0 Å². The van der Waals surface area contributed by atoms with Crippen molar-refractivity contribution in [1.82, 2.24) is 24.8 Å². The van der Waals surface area contributed by atoms with E-state index in [2.05, 4.69) is 29.3 Å². The van der Waals surface area contributed by atoms with Crippen LogP contribution >= 0.6 is 0 Å². The maximum atomic E-state index is 5.47. The van der Waals surface area contributed by atoms with E-state index in [1.165, 1.54) is 0 Å². The van der Waals surface area contributed by atoms with Crippen molar-refractivity contribution >= 4 is 0 Å². The Morgan fingerprint density at radius 3 is 2.82 bits per heavy atom. The minimum Gasteiger partial charge on any atom is -0.330 e. The summed E-state index contributed by atoms with van der Waals surface area (Å²) in [6.45, 7) is 5.45. The molecule has 0 saturated carbocycles. The summed E-state index contributed by atoms with van der Waals surface area (Å²) >= 11 is 0. The predicted molar refractivity (Wildman–Crippen MR) is 64.5 cm³/mol. The smallest absolute Gasteiger partial charge is 0.0867 e. The lowest BCUT2D eigenvalue weighted by Crippen LogP contribution is -2.05. The molecule has 0 atom stereocenters. The Balaban J connectivity index is 2.03. The molecule has 0 radical (unpaired) electrons. The molecule has 2 N–H and O–H groups in total. The van der Waals surface area contributed by atoms with E-state index >= 15 is 0 Å². The van der Waals surface area contributed by atoms with E-state index in [4.69, 9.17) is 5.73 Å². The van der Waals surface area contributed by atoms with Crippen molar-refractivity contribution < 1.29 is 0 Å². The molecule has 6 heteroatoms. The minimum atomic E-state index is 0.382. The summed E-state index contributed by atoms with van der Waals surface area (Å²) in [6, 6.07) is 2.39. The molecular weight excluding hydrogens is 216 g/mol. The molecule has 0 aliphatic rings. The lowest BCUT2D eigenvalue weighted by Gasteiger charge is -2.03. The molecule has 0 amide bonds. The molecule has 0 unspecified atom stereocenters. The Morgan fingerprint density at radius 2 is 2.18 bits per heavy atom. The van der Waals surface area contributed by atoms with E-state index < -0.39 is 0 Å². The Bertz CT molecular complexity index is 470. The first-order valence-corrected chi connectivity index (χ1v) is 5.82. The normalized spacial score (nSPS) is 11.3. The highest BCUT2D eigenvalue weighted by atomic mass is 15.4. The van der Waals surface area contributed by atoms with Crippen molar-refractivity contribution in [2.24, 2.45) is 5.73 Å². The first-order chi connectivity index (χ1) is 8.19. The quantitative estimate of drug-likeness (QED) is 0.822. The second-order valence-electron chi connectivity index (χ2n) is 4.33. The van der Waals surface area contributed by atoms with E-state index in [-0.39, 0.29) is 0 Å². The summed E-state index contributed by atoms with van der Waals surface area (Å²) in [4.78, 5) is 0. The van der Waals surface area contributed by atoms with Crippen LogP contribution in [0.25, 0.3) is 0 Å². The van der Waals surface area contributed by atoms with Crippen LogP contribution < -0.4 is 5.73 Å². The second kappa shape index (κ2) is 5.09. The molecule has 2 aromatic heterocycles. The van der Waals surface area contributed by atoms with Crippen LogP contribution in [0, 0.1) is 0 Å². The van der Waals surface area contributed by atoms with Crippen molar-refractivity contribution in [2.45, 2.75) is 32.9 Å². The van der Waals surface area contributed by atoms with Crippen molar-refractivity contribution in [3.05, 3.63) is 29.8 Å². The Kier molecular flexibility index (Phi) is 3.53. The van der Waals surface area contributed by atoms with Gasteiger partial charge in [-0.15, -0.1) is 5.10 Å². The molecule has 2 heterocycles. The highest BCUT2D eigenvalue weighted by molar-refractivity contribution is 5.01. The lowest BCUT2D eigenvalue weighted by molar-refractivity contribution is 0.519. The molecule has 0 spiro atoms. The molecule has 17 heavy (non-hydrogen) atoms. The zero-order valence-corrected chi connectivity index (χ0v) is 10.2. The molecule has 0 saturated heterocycles. The molecule has 0 bridgehead atoms. The molecule has 0 fully saturated rings. The maximum Gasteiger partial charge on any atom is 0.0867 e. The van der Waals surface area contributed by atoms with Crippen LogP contribution in [0.1, 0.15) is 31.3 Å². The van der Waals surface area contributed by atoms with E-state index in [1.807, 2.05) is 23.1 Å². The molecule has 0 aliphatic heterocycles. The van der Waals surface area contributed by atoms with Gasteiger partial charge in [0, 0.05) is 24.9 Å². The van der Waals surface area contributed by atoms with E-state index in [1.54, 1.807) is 4.68 Å². The van der Waals surface area contributed by atoms with Gasteiger partial charge < -0.3 is 5.73 Å². The fourth-order valence-corrected chi connectivity index (χ4v) is 1.59. The van der Waals surface area contributed by atoms with Gasteiger partial charge in [-0.3, -0.25) is 4.68 Å². The number of hydrogen-bond donors (Lipinski definition) is 1. The summed E-state index contributed by atoms with van der Waals surface area (Å²) in [5, 5.41) is 12.6. The highest BCUT2D eigenvalue weighted by Crippen LogP contribution is 2.05. The van der Waals surface area contributed by atoms with Gasteiger partial charge in [-0.1, -0.05) is 5.21 Å². The third kappa shape index (κ3) is 2.91. The van der Waals surface area contributed by atoms with Gasteiger partial charge in [-0.05, 0) is 26.5 Å². The first kappa shape index (κ1) is 11.8. The predicted octanol–water partition coefficient (Wildman–Crippen LogP) is 0.605. The zero-order valence-electron chi connectivity index (χ0n) is 10.2. The van der Waals surface area contributed by atoms with E-state index in [0.717, 1.165) is 17.8 Å². The molecule has 0 aliphatic carbocycles. The van der Waals surface area contributed by atoms with Gasteiger partial charge in [-0.25, -0.2) is 4.68 Å². The van der Waals surface area contributed by atoms with E-state index in [9.17, 15) is 0 Å². The summed E-state index contributed by atoms with van der Waals surface area (Å²) in [5.41, 5.74) is 7.38. The molecule has 2 aromatic rings. The van der Waals surface area contributed by atoms with Crippen LogP contribution in [-0.4, -0.2) is 31.3 Å². The number of nitrogens with zero attached hydrogens (tertiary/aromatic N) is 5. The zero-order chi connectivity index (χ0) is 12.3. The van der Waals surface area contributed by atoms with Crippen LogP contribution in [0.2, 0.25) is 0 Å². The molecule has 92 valence electrons. The fraction of sp³-hybridized carbons (Fsp3) is 0.545. The molecular formula is C11H18N6. The Labute approximate surface area is 100 Å². The van der Waals surface area contributed by atoms with E-state index in [0.29, 0.717) is 19.1 Å². The second-order valence-corrected chi connectivity index (χ2v) is 4.33.